The number of nitrogens with zero attached hydrogens (tertiary/aromatic N) is 2. The first kappa shape index (κ1) is 13.4. The van der Waals surface area contributed by atoms with E-state index in [1.54, 1.807) is 12.5 Å². The molecule has 4 heteroatoms. The zero-order valence-corrected chi connectivity index (χ0v) is 11.9. The lowest BCUT2D eigenvalue weighted by atomic mass is 10.0. The van der Waals surface area contributed by atoms with Crippen molar-refractivity contribution in [2.45, 2.75) is 32.3 Å². The van der Waals surface area contributed by atoms with Gasteiger partial charge in [0.05, 0.1) is 5.69 Å². The van der Waals surface area contributed by atoms with Gasteiger partial charge in [-0.2, -0.15) is 0 Å². The highest BCUT2D eigenvalue weighted by Gasteiger charge is 2.27. The molecular formula is C17H16N2O2. The minimum Gasteiger partial charge on any atom is -0.487 e. The molecule has 4 nitrogen and oxygen atoms in total. The van der Waals surface area contributed by atoms with E-state index in [1.807, 2.05) is 31.2 Å². The van der Waals surface area contributed by atoms with Crippen LogP contribution in [0.3, 0.4) is 0 Å². The van der Waals surface area contributed by atoms with Gasteiger partial charge in [-0.05, 0) is 49.4 Å². The maximum Gasteiger partial charge on any atom is 0.292 e. The van der Waals surface area contributed by atoms with E-state index < -0.39 is 0 Å². The number of aryl methyl sites for hydroxylation is 1. The average molecular weight is 280 g/mol. The van der Waals surface area contributed by atoms with E-state index in [0.29, 0.717) is 18.3 Å². The van der Waals surface area contributed by atoms with Crippen molar-refractivity contribution in [1.82, 2.24) is 4.98 Å². The Kier molecular flexibility index (Phi) is 3.74. The SMILES string of the molecule is Cc1ncccc1OCc1c(OC#N)cccc1C1CC1. The molecule has 1 fully saturated rings. The van der Waals surface area contributed by atoms with Gasteiger partial charge >= 0.3 is 0 Å². The van der Waals surface area contributed by atoms with Crippen molar-refractivity contribution in [2.24, 2.45) is 0 Å². The van der Waals surface area contributed by atoms with Gasteiger partial charge in [-0.3, -0.25) is 4.98 Å². The number of aromatic nitrogens is 1. The Hall–Kier alpha value is -2.54. The molecule has 0 aliphatic heterocycles. The summed E-state index contributed by atoms with van der Waals surface area (Å²) in [6.07, 6.45) is 5.87. The Labute approximate surface area is 124 Å². The van der Waals surface area contributed by atoms with Crippen molar-refractivity contribution >= 4 is 0 Å². The molecule has 21 heavy (non-hydrogen) atoms. The summed E-state index contributed by atoms with van der Waals surface area (Å²) in [5.74, 6) is 1.91. The number of ether oxygens (including phenoxy) is 2. The van der Waals surface area contributed by atoms with Crippen LogP contribution in [0, 0.1) is 18.4 Å². The molecule has 0 saturated heterocycles. The van der Waals surface area contributed by atoms with Crippen molar-refractivity contribution in [3.8, 4) is 17.8 Å². The molecule has 3 rings (SSSR count). The average Bonchev–Trinajstić information content (AvgIpc) is 3.32. The van der Waals surface area contributed by atoms with Gasteiger partial charge in [0.25, 0.3) is 6.26 Å². The number of nitriles is 1. The monoisotopic (exact) mass is 280 g/mol. The first-order valence-corrected chi connectivity index (χ1v) is 7.01. The summed E-state index contributed by atoms with van der Waals surface area (Å²) in [6, 6.07) is 9.58. The van der Waals surface area contributed by atoms with Gasteiger partial charge in [0.1, 0.15) is 18.1 Å². The maximum absolute atomic E-state index is 8.80. The van der Waals surface area contributed by atoms with E-state index in [1.165, 1.54) is 18.4 Å². The van der Waals surface area contributed by atoms with Gasteiger partial charge in [0.15, 0.2) is 0 Å². The maximum atomic E-state index is 8.80. The van der Waals surface area contributed by atoms with Crippen molar-refractivity contribution in [3.63, 3.8) is 0 Å². The summed E-state index contributed by atoms with van der Waals surface area (Å²) in [5, 5.41) is 8.80. The quantitative estimate of drug-likeness (QED) is 0.783. The molecule has 0 radical (unpaired) electrons. The molecule has 0 spiro atoms. The van der Waals surface area contributed by atoms with Crippen LogP contribution in [0.25, 0.3) is 0 Å². The normalized spacial score (nSPS) is 13.5. The second kappa shape index (κ2) is 5.84. The fourth-order valence-electron chi connectivity index (χ4n) is 2.43. The highest BCUT2D eigenvalue weighted by Crippen LogP contribution is 2.44. The van der Waals surface area contributed by atoms with Gasteiger partial charge in [-0.25, -0.2) is 0 Å². The molecule has 1 aliphatic rings. The van der Waals surface area contributed by atoms with Crippen LogP contribution in [0.4, 0.5) is 0 Å². The van der Waals surface area contributed by atoms with Gasteiger partial charge in [-0.15, -0.1) is 5.26 Å². The topological polar surface area (TPSA) is 55.1 Å². The summed E-state index contributed by atoms with van der Waals surface area (Å²) in [6.45, 7) is 2.30. The van der Waals surface area contributed by atoms with Crippen LogP contribution >= 0.6 is 0 Å². The molecule has 1 aliphatic carbocycles. The van der Waals surface area contributed by atoms with E-state index in [-0.39, 0.29) is 0 Å². The van der Waals surface area contributed by atoms with Crippen LogP contribution in [0.15, 0.2) is 36.5 Å². The van der Waals surface area contributed by atoms with Gasteiger partial charge in [-0.1, -0.05) is 12.1 Å². The molecule has 0 unspecified atom stereocenters. The van der Waals surface area contributed by atoms with Crippen molar-refractivity contribution in [1.29, 1.82) is 5.26 Å². The standard InChI is InChI=1S/C17H16N2O2/c1-12-16(6-3-9-19-12)20-10-15-14(13-7-8-13)4-2-5-17(15)21-11-18/h2-6,9,13H,7-8,10H2,1H3. The number of rotatable bonds is 5. The molecule has 1 heterocycles. The predicted octanol–water partition coefficient (Wildman–Crippen LogP) is 3.71. The minimum atomic E-state index is 0.385. The number of hydrogen-bond acceptors (Lipinski definition) is 4. The minimum absolute atomic E-state index is 0.385. The van der Waals surface area contributed by atoms with E-state index in [2.05, 4.69) is 11.1 Å². The Morgan fingerprint density at radius 1 is 1.24 bits per heavy atom. The van der Waals surface area contributed by atoms with E-state index in [0.717, 1.165) is 17.0 Å². The number of benzene rings is 1. The molecular weight excluding hydrogens is 264 g/mol. The highest BCUT2D eigenvalue weighted by atomic mass is 16.5. The first-order chi connectivity index (χ1) is 10.3. The molecule has 2 aromatic rings. The van der Waals surface area contributed by atoms with Crippen LogP contribution in [0.2, 0.25) is 0 Å². The van der Waals surface area contributed by atoms with Crippen molar-refractivity contribution < 1.29 is 9.47 Å². The largest absolute Gasteiger partial charge is 0.487 e. The molecule has 1 aromatic carbocycles. The van der Waals surface area contributed by atoms with Gasteiger partial charge in [0.2, 0.25) is 0 Å². The third kappa shape index (κ3) is 2.97. The molecule has 1 aromatic heterocycles. The fourth-order valence-corrected chi connectivity index (χ4v) is 2.43. The van der Waals surface area contributed by atoms with E-state index in [9.17, 15) is 0 Å². The summed E-state index contributed by atoms with van der Waals surface area (Å²) in [7, 11) is 0. The van der Waals surface area contributed by atoms with Crippen LogP contribution < -0.4 is 9.47 Å². The molecule has 0 bridgehead atoms. The summed E-state index contributed by atoms with van der Waals surface area (Å²) in [4.78, 5) is 4.21. The van der Waals surface area contributed by atoms with Gasteiger partial charge in [0, 0.05) is 11.8 Å². The number of hydrogen-bond donors (Lipinski definition) is 0. The Bertz CT molecular complexity index is 687. The lowest BCUT2D eigenvalue weighted by Crippen LogP contribution is -2.03. The molecule has 0 amide bonds. The fraction of sp³-hybridized carbons (Fsp3) is 0.294. The summed E-state index contributed by atoms with van der Waals surface area (Å²) >= 11 is 0. The van der Waals surface area contributed by atoms with Crippen LogP contribution in [0.1, 0.15) is 35.6 Å². The predicted molar refractivity (Wildman–Crippen MR) is 78.0 cm³/mol. The zero-order chi connectivity index (χ0) is 14.7. The Balaban J connectivity index is 1.86. The first-order valence-electron chi connectivity index (χ1n) is 7.01. The third-order valence-electron chi connectivity index (χ3n) is 3.67. The van der Waals surface area contributed by atoms with Crippen LogP contribution in [-0.2, 0) is 6.61 Å². The van der Waals surface area contributed by atoms with E-state index in [4.69, 9.17) is 14.7 Å². The smallest absolute Gasteiger partial charge is 0.292 e. The van der Waals surface area contributed by atoms with E-state index >= 15 is 0 Å². The van der Waals surface area contributed by atoms with Crippen LogP contribution in [0.5, 0.6) is 11.5 Å². The summed E-state index contributed by atoms with van der Waals surface area (Å²) < 4.78 is 11.0. The molecule has 0 atom stereocenters. The highest BCUT2D eigenvalue weighted by molar-refractivity contribution is 5.44. The zero-order valence-electron chi connectivity index (χ0n) is 11.9. The molecule has 1 saturated carbocycles. The Morgan fingerprint density at radius 2 is 2.05 bits per heavy atom. The van der Waals surface area contributed by atoms with Gasteiger partial charge < -0.3 is 9.47 Å². The summed E-state index contributed by atoms with van der Waals surface area (Å²) in [5.41, 5.74) is 3.04. The van der Waals surface area contributed by atoms with Crippen LogP contribution in [-0.4, -0.2) is 4.98 Å². The second-order valence-electron chi connectivity index (χ2n) is 5.17. The second-order valence-corrected chi connectivity index (χ2v) is 5.17. The third-order valence-corrected chi connectivity index (χ3v) is 3.67. The lowest BCUT2D eigenvalue weighted by molar-refractivity contribution is 0.296. The lowest BCUT2D eigenvalue weighted by Gasteiger charge is -2.14. The molecule has 0 N–H and O–H groups in total. The number of pyridine rings is 1. The van der Waals surface area contributed by atoms with Crippen molar-refractivity contribution in [3.05, 3.63) is 53.3 Å². The van der Waals surface area contributed by atoms with Crippen molar-refractivity contribution in [2.75, 3.05) is 0 Å². The molecule has 106 valence electrons. The Morgan fingerprint density at radius 3 is 2.76 bits per heavy atom.